The first-order valence-corrected chi connectivity index (χ1v) is 7.22. The summed E-state index contributed by atoms with van der Waals surface area (Å²) in [6.07, 6.45) is 3.44. The molecule has 0 saturated heterocycles. The standard InChI is InChI=1S/C16H25NO2/c1-13(2)19-11-10-16(12-18,17-15-8-9-15)14-6-4-3-5-7-14/h3-7,13,15,17-18H,8-12H2,1-2H3. The van der Waals surface area contributed by atoms with Gasteiger partial charge in [-0.05, 0) is 38.7 Å². The van der Waals surface area contributed by atoms with Gasteiger partial charge in [0.15, 0.2) is 0 Å². The molecular weight excluding hydrogens is 238 g/mol. The summed E-state index contributed by atoms with van der Waals surface area (Å²) in [4.78, 5) is 0. The Bertz CT molecular complexity index is 376. The van der Waals surface area contributed by atoms with E-state index < -0.39 is 0 Å². The minimum atomic E-state index is -0.364. The van der Waals surface area contributed by atoms with Crippen LogP contribution in [0.1, 0.15) is 38.7 Å². The highest BCUT2D eigenvalue weighted by molar-refractivity contribution is 5.25. The van der Waals surface area contributed by atoms with Crippen LogP contribution in [-0.4, -0.2) is 30.5 Å². The first kappa shape index (κ1) is 14.5. The van der Waals surface area contributed by atoms with Crippen LogP contribution in [-0.2, 0) is 10.3 Å². The SMILES string of the molecule is CC(C)OCCC(CO)(NC1CC1)c1ccccc1. The largest absolute Gasteiger partial charge is 0.394 e. The molecule has 0 bridgehead atoms. The lowest BCUT2D eigenvalue weighted by Gasteiger charge is -2.34. The smallest absolute Gasteiger partial charge is 0.0693 e. The summed E-state index contributed by atoms with van der Waals surface area (Å²) in [6.45, 7) is 4.84. The van der Waals surface area contributed by atoms with E-state index >= 15 is 0 Å². The van der Waals surface area contributed by atoms with Gasteiger partial charge in [-0.15, -0.1) is 0 Å². The molecule has 0 aromatic heterocycles. The zero-order valence-electron chi connectivity index (χ0n) is 11.9. The summed E-state index contributed by atoms with van der Waals surface area (Å²) in [5.41, 5.74) is 0.786. The Labute approximate surface area is 116 Å². The predicted octanol–water partition coefficient (Wildman–Crippen LogP) is 2.44. The number of ether oxygens (including phenoxy) is 1. The van der Waals surface area contributed by atoms with Crippen molar-refractivity contribution in [2.75, 3.05) is 13.2 Å². The molecule has 0 spiro atoms. The molecule has 1 aromatic carbocycles. The number of aliphatic hydroxyl groups is 1. The van der Waals surface area contributed by atoms with Gasteiger partial charge in [0.05, 0.1) is 18.2 Å². The van der Waals surface area contributed by atoms with Gasteiger partial charge in [-0.3, -0.25) is 0 Å². The molecule has 1 fully saturated rings. The first-order valence-electron chi connectivity index (χ1n) is 7.22. The molecule has 106 valence electrons. The quantitative estimate of drug-likeness (QED) is 0.757. The van der Waals surface area contributed by atoms with E-state index in [0.717, 1.165) is 12.0 Å². The average molecular weight is 263 g/mol. The van der Waals surface area contributed by atoms with Gasteiger partial charge < -0.3 is 15.2 Å². The van der Waals surface area contributed by atoms with Crippen molar-refractivity contribution in [3.63, 3.8) is 0 Å². The molecule has 1 aliphatic carbocycles. The fraction of sp³-hybridized carbons (Fsp3) is 0.625. The fourth-order valence-corrected chi connectivity index (χ4v) is 2.36. The zero-order valence-corrected chi connectivity index (χ0v) is 11.9. The first-order chi connectivity index (χ1) is 9.16. The number of hydrogen-bond acceptors (Lipinski definition) is 3. The molecule has 1 aromatic rings. The molecule has 1 unspecified atom stereocenters. The van der Waals surface area contributed by atoms with Crippen molar-refractivity contribution in [2.45, 2.75) is 50.8 Å². The van der Waals surface area contributed by atoms with E-state index in [1.165, 1.54) is 12.8 Å². The molecule has 3 nitrogen and oxygen atoms in total. The number of aliphatic hydroxyl groups excluding tert-OH is 1. The van der Waals surface area contributed by atoms with Crippen LogP contribution in [0.15, 0.2) is 30.3 Å². The van der Waals surface area contributed by atoms with E-state index in [9.17, 15) is 5.11 Å². The summed E-state index contributed by atoms with van der Waals surface area (Å²) in [5.74, 6) is 0. The van der Waals surface area contributed by atoms with Gasteiger partial charge in [0.2, 0.25) is 0 Å². The van der Waals surface area contributed by atoms with Gasteiger partial charge in [-0.2, -0.15) is 0 Å². The summed E-state index contributed by atoms with van der Waals surface area (Å²) >= 11 is 0. The van der Waals surface area contributed by atoms with Gasteiger partial charge in [-0.25, -0.2) is 0 Å². The van der Waals surface area contributed by atoms with Crippen LogP contribution in [0.5, 0.6) is 0 Å². The van der Waals surface area contributed by atoms with Crippen LogP contribution in [0, 0.1) is 0 Å². The molecule has 2 N–H and O–H groups in total. The van der Waals surface area contributed by atoms with E-state index in [4.69, 9.17) is 4.74 Å². The van der Waals surface area contributed by atoms with Crippen molar-refractivity contribution in [1.82, 2.24) is 5.32 Å². The van der Waals surface area contributed by atoms with Crippen molar-refractivity contribution in [1.29, 1.82) is 0 Å². The Morgan fingerprint density at radius 3 is 2.53 bits per heavy atom. The Morgan fingerprint density at radius 1 is 1.32 bits per heavy atom. The van der Waals surface area contributed by atoms with Gasteiger partial charge in [0, 0.05) is 12.6 Å². The Morgan fingerprint density at radius 2 is 2.00 bits per heavy atom. The molecule has 1 saturated carbocycles. The van der Waals surface area contributed by atoms with E-state index in [1.807, 2.05) is 32.0 Å². The summed E-state index contributed by atoms with van der Waals surface area (Å²) in [7, 11) is 0. The summed E-state index contributed by atoms with van der Waals surface area (Å²) in [6, 6.07) is 10.8. The maximum Gasteiger partial charge on any atom is 0.0693 e. The highest BCUT2D eigenvalue weighted by Crippen LogP contribution is 2.31. The highest BCUT2D eigenvalue weighted by atomic mass is 16.5. The minimum Gasteiger partial charge on any atom is -0.394 e. The number of benzene rings is 1. The van der Waals surface area contributed by atoms with Gasteiger partial charge in [0.1, 0.15) is 0 Å². The molecule has 0 radical (unpaired) electrons. The Kier molecular flexibility index (Phi) is 4.97. The van der Waals surface area contributed by atoms with E-state index in [0.29, 0.717) is 12.6 Å². The van der Waals surface area contributed by atoms with Crippen LogP contribution >= 0.6 is 0 Å². The van der Waals surface area contributed by atoms with E-state index in [1.54, 1.807) is 0 Å². The van der Waals surface area contributed by atoms with Crippen molar-refractivity contribution >= 4 is 0 Å². The Hall–Kier alpha value is -0.900. The lowest BCUT2D eigenvalue weighted by atomic mass is 9.87. The normalized spacial score (nSPS) is 18.5. The van der Waals surface area contributed by atoms with Gasteiger partial charge in [0.25, 0.3) is 0 Å². The lowest BCUT2D eigenvalue weighted by molar-refractivity contribution is 0.0442. The van der Waals surface area contributed by atoms with E-state index in [-0.39, 0.29) is 18.2 Å². The number of hydrogen-bond donors (Lipinski definition) is 2. The maximum atomic E-state index is 9.95. The molecule has 2 rings (SSSR count). The summed E-state index contributed by atoms with van der Waals surface area (Å²) < 4.78 is 5.67. The van der Waals surface area contributed by atoms with Gasteiger partial charge in [-0.1, -0.05) is 30.3 Å². The van der Waals surface area contributed by atoms with Crippen LogP contribution in [0.4, 0.5) is 0 Å². The van der Waals surface area contributed by atoms with Crippen molar-refractivity contribution < 1.29 is 9.84 Å². The molecule has 1 atom stereocenters. The van der Waals surface area contributed by atoms with Crippen molar-refractivity contribution in [3.8, 4) is 0 Å². The predicted molar refractivity (Wildman–Crippen MR) is 77.1 cm³/mol. The molecule has 19 heavy (non-hydrogen) atoms. The third kappa shape index (κ3) is 4.03. The molecule has 0 heterocycles. The monoisotopic (exact) mass is 263 g/mol. The second-order valence-electron chi connectivity index (χ2n) is 5.69. The van der Waals surface area contributed by atoms with Crippen LogP contribution in [0.2, 0.25) is 0 Å². The third-order valence-corrected chi connectivity index (χ3v) is 3.63. The zero-order chi connectivity index (χ0) is 13.7. The third-order valence-electron chi connectivity index (χ3n) is 3.63. The molecule has 0 amide bonds. The number of nitrogens with one attached hydrogen (secondary N) is 1. The van der Waals surface area contributed by atoms with Crippen molar-refractivity contribution in [3.05, 3.63) is 35.9 Å². The lowest BCUT2D eigenvalue weighted by Crippen LogP contribution is -2.47. The summed E-state index contributed by atoms with van der Waals surface area (Å²) in [5, 5.41) is 13.6. The maximum absolute atomic E-state index is 9.95. The molecule has 3 heteroatoms. The van der Waals surface area contributed by atoms with Crippen LogP contribution < -0.4 is 5.32 Å². The topological polar surface area (TPSA) is 41.5 Å². The second-order valence-corrected chi connectivity index (χ2v) is 5.69. The molecule has 1 aliphatic rings. The fourth-order valence-electron chi connectivity index (χ4n) is 2.36. The molecular formula is C16H25NO2. The minimum absolute atomic E-state index is 0.106. The van der Waals surface area contributed by atoms with E-state index in [2.05, 4.69) is 17.4 Å². The second kappa shape index (κ2) is 6.51. The van der Waals surface area contributed by atoms with Crippen LogP contribution in [0.25, 0.3) is 0 Å². The van der Waals surface area contributed by atoms with Crippen molar-refractivity contribution in [2.24, 2.45) is 0 Å². The molecule has 0 aliphatic heterocycles. The Balaban J connectivity index is 2.10. The van der Waals surface area contributed by atoms with Crippen LogP contribution in [0.3, 0.4) is 0 Å². The highest BCUT2D eigenvalue weighted by Gasteiger charge is 2.37. The average Bonchev–Trinajstić information content (AvgIpc) is 3.22. The van der Waals surface area contributed by atoms with Gasteiger partial charge >= 0.3 is 0 Å². The number of rotatable bonds is 8.